The molecule has 1 aromatic rings. The summed E-state index contributed by atoms with van der Waals surface area (Å²) in [5.41, 5.74) is 4.29. The van der Waals surface area contributed by atoms with Crippen molar-refractivity contribution in [2.24, 2.45) is 0 Å². The standard InChI is InChI=1S/C12H15Cl2NO/c1-8-3-12(7-15-9(2)16)11(6-14)4-10(8)5-13/h3-4H,5-7H2,1-2H3,(H,15,16). The maximum absolute atomic E-state index is 10.9. The second-order valence-corrected chi connectivity index (χ2v) is 4.26. The summed E-state index contributed by atoms with van der Waals surface area (Å²) in [4.78, 5) is 10.9. The van der Waals surface area contributed by atoms with Crippen molar-refractivity contribution in [1.29, 1.82) is 0 Å². The number of halogens is 2. The minimum Gasteiger partial charge on any atom is -0.352 e. The van der Waals surface area contributed by atoms with Gasteiger partial charge in [-0.25, -0.2) is 0 Å². The highest BCUT2D eigenvalue weighted by molar-refractivity contribution is 6.17. The molecule has 4 heteroatoms. The van der Waals surface area contributed by atoms with E-state index in [9.17, 15) is 4.79 Å². The van der Waals surface area contributed by atoms with Crippen molar-refractivity contribution in [3.05, 3.63) is 34.4 Å². The van der Waals surface area contributed by atoms with Crippen molar-refractivity contribution < 1.29 is 4.79 Å². The van der Waals surface area contributed by atoms with E-state index < -0.39 is 0 Å². The third-order valence-corrected chi connectivity index (χ3v) is 3.05. The van der Waals surface area contributed by atoms with Gasteiger partial charge in [0.25, 0.3) is 0 Å². The second kappa shape index (κ2) is 6.12. The number of hydrogen-bond donors (Lipinski definition) is 1. The van der Waals surface area contributed by atoms with Crippen LogP contribution >= 0.6 is 23.2 Å². The van der Waals surface area contributed by atoms with Crippen molar-refractivity contribution in [2.75, 3.05) is 0 Å². The number of aryl methyl sites for hydroxylation is 1. The van der Waals surface area contributed by atoms with Crippen molar-refractivity contribution in [2.45, 2.75) is 32.2 Å². The zero-order valence-electron chi connectivity index (χ0n) is 9.44. The fourth-order valence-corrected chi connectivity index (χ4v) is 2.05. The molecule has 0 saturated carbocycles. The lowest BCUT2D eigenvalue weighted by molar-refractivity contribution is -0.119. The molecular formula is C12H15Cl2NO. The van der Waals surface area contributed by atoms with E-state index in [4.69, 9.17) is 23.2 Å². The number of amides is 1. The van der Waals surface area contributed by atoms with Gasteiger partial charge >= 0.3 is 0 Å². The minimum atomic E-state index is -0.0420. The van der Waals surface area contributed by atoms with E-state index in [2.05, 4.69) is 5.32 Å². The van der Waals surface area contributed by atoms with Gasteiger partial charge in [-0.1, -0.05) is 12.1 Å². The van der Waals surface area contributed by atoms with Crippen LogP contribution in [0, 0.1) is 6.92 Å². The van der Waals surface area contributed by atoms with Crippen molar-refractivity contribution in [3.8, 4) is 0 Å². The van der Waals surface area contributed by atoms with Crippen molar-refractivity contribution in [3.63, 3.8) is 0 Å². The van der Waals surface area contributed by atoms with Crippen LogP contribution in [0.5, 0.6) is 0 Å². The van der Waals surface area contributed by atoms with Crippen LogP contribution in [-0.2, 0) is 23.1 Å². The van der Waals surface area contributed by atoms with Crippen LogP contribution in [0.3, 0.4) is 0 Å². The molecule has 0 spiro atoms. The van der Waals surface area contributed by atoms with Gasteiger partial charge in [-0.15, -0.1) is 23.2 Å². The Morgan fingerprint density at radius 2 is 1.81 bits per heavy atom. The molecule has 0 bridgehead atoms. The Morgan fingerprint density at radius 3 is 2.31 bits per heavy atom. The van der Waals surface area contributed by atoms with Crippen molar-refractivity contribution in [1.82, 2.24) is 5.32 Å². The van der Waals surface area contributed by atoms with E-state index in [1.165, 1.54) is 6.92 Å². The molecule has 0 fully saturated rings. The zero-order valence-corrected chi connectivity index (χ0v) is 11.0. The SMILES string of the molecule is CC(=O)NCc1cc(C)c(CCl)cc1CCl. The number of alkyl halides is 2. The quantitative estimate of drug-likeness (QED) is 0.828. The predicted octanol–water partition coefficient (Wildman–Crippen LogP) is 3.11. The highest BCUT2D eigenvalue weighted by atomic mass is 35.5. The van der Waals surface area contributed by atoms with Crippen LogP contribution in [0.15, 0.2) is 12.1 Å². The lowest BCUT2D eigenvalue weighted by Gasteiger charge is -2.12. The summed E-state index contributed by atoms with van der Waals surface area (Å²) >= 11 is 11.7. The van der Waals surface area contributed by atoms with E-state index in [1.807, 2.05) is 19.1 Å². The van der Waals surface area contributed by atoms with Gasteiger partial charge in [0.2, 0.25) is 5.91 Å². The summed E-state index contributed by atoms with van der Waals surface area (Å²) in [7, 11) is 0. The van der Waals surface area contributed by atoms with Crippen LogP contribution in [0.25, 0.3) is 0 Å². The van der Waals surface area contributed by atoms with Gasteiger partial charge < -0.3 is 5.32 Å². The van der Waals surface area contributed by atoms with Crippen LogP contribution in [0.4, 0.5) is 0 Å². The first kappa shape index (κ1) is 13.3. The van der Waals surface area contributed by atoms with Gasteiger partial charge in [-0.3, -0.25) is 4.79 Å². The largest absolute Gasteiger partial charge is 0.352 e. The normalized spacial score (nSPS) is 10.2. The molecule has 1 N–H and O–H groups in total. The summed E-state index contributed by atoms with van der Waals surface area (Å²) in [6, 6.07) is 4.04. The highest BCUT2D eigenvalue weighted by Crippen LogP contribution is 2.20. The zero-order chi connectivity index (χ0) is 12.1. The summed E-state index contributed by atoms with van der Waals surface area (Å²) in [6.45, 7) is 4.02. The maximum Gasteiger partial charge on any atom is 0.217 e. The van der Waals surface area contributed by atoms with E-state index in [0.29, 0.717) is 18.3 Å². The Morgan fingerprint density at radius 1 is 1.19 bits per heavy atom. The van der Waals surface area contributed by atoms with Gasteiger partial charge in [0, 0.05) is 25.2 Å². The minimum absolute atomic E-state index is 0.0420. The highest BCUT2D eigenvalue weighted by Gasteiger charge is 2.06. The number of nitrogens with one attached hydrogen (secondary N) is 1. The Kier molecular flexibility index (Phi) is 5.10. The Bertz CT molecular complexity index is 391. The molecule has 16 heavy (non-hydrogen) atoms. The summed E-state index contributed by atoms with van der Waals surface area (Å²) < 4.78 is 0. The van der Waals surface area contributed by atoms with Gasteiger partial charge in [0.1, 0.15) is 0 Å². The number of hydrogen-bond acceptors (Lipinski definition) is 1. The average Bonchev–Trinajstić information content (AvgIpc) is 2.26. The Balaban J connectivity index is 2.98. The molecule has 1 aromatic carbocycles. The van der Waals surface area contributed by atoms with Gasteiger partial charge in [-0.05, 0) is 29.2 Å². The molecule has 0 aliphatic rings. The number of carbonyl (C=O) groups excluding carboxylic acids is 1. The van der Waals surface area contributed by atoms with Gasteiger partial charge in [0.05, 0.1) is 0 Å². The molecule has 0 saturated heterocycles. The maximum atomic E-state index is 10.9. The van der Waals surface area contributed by atoms with E-state index in [0.717, 1.165) is 22.3 Å². The van der Waals surface area contributed by atoms with Crippen LogP contribution < -0.4 is 5.32 Å². The predicted molar refractivity (Wildman–Crippen MR) is 67.8 cm³/mol. The second-order valence-electron chi connectivity index (χ2n) is 3.72. The van der Waals surface area contributed by atoms with E-state index in [1.54, 1.807) is 0 Å². The monoisotopic (exact) mass is 259 g/mol. The summed E-state index contributed by atoms with van der Waals surface area (Å²) in [5.74, 6) is 0.870. The molecule has 0 unspecified atom stereocenters. The topological polar surface area (TPSA) is 29.1 Å². The average molecular weight is 260 g/mol. The number of benzene rings is 1. The van der Waals surface area contributed by atoms with Crippen LogP contribution in [0.2, 0.25) is 0 Å². The first-order chi connectivity index (χ1) is 7.58. The smallest absolute Gasteiger partial charge is 0.217 e. The van der Waals surface area contributed by atoms with E-state index >= 15 is 0 Å². The molecule has 2 nitrogen and oxygen atoms in total. The van der Waals surface area contributed by atoms with Gasteiger partial charge in [0.15, 0.2) is 0 Å². The molecule has 0 radical (unpaired) electrons. The van der Waals surface area contributed by atoms with Crippen LogP contribution in [-0.4, -0.2) is 5.91 Å². The third kappa shape index (κ3) is 3.39. The molecule has 0 heterocycles. The summed E-state index contributed by atoms with van der Waals surface area (Å²) in [5, 5.41) is 2.77. The molecule has 0 aromatic heterocycles. The lowest BCUT2D eigenvalue weighted by atomic mass is 10.0. The molecule has 0 aliphatic heterocycles. The molecule has 0 atom stereocenters. The Hall–Kier alpha value is -0.730. The van der Waals surface area contributed by atoms with E-state index in [-0.39, 0.29) is 5.91 Å². The lowest BCUT2D eigenvalue weighted by Crippen LogP contribution is -2.20. The third-order valence-electron chi connectivity index (χ3n) is 2.47. The van der Waals surface area contributed by atoms with Crippen LogP contribution in [0.1, 0.15) is 29.2 Å². The van der Waals surface area contributed by atoms with Crippen molar-refractivity contribution >= 4 is 29.1 Å². The Labute approximate surface area is 106 Å². The molecule has 1 rings (SSSR count). The van der Waals surface area contributed by atoms with Gasteiger partial charge in [-0.2, -0.15) is 0 Å². The molecule has 88 valence electrons. The fraction of sp³-hybridized carbons (Fsp3) is 0.417. The number of carbonyl (C=O) groups is 1. The number of rotatable bonds is 4. The summed E-state index contributed by atoms with van der Waals surface area (Å²) in [6.07, 6.45) is 0. The first-order valence-electron chi connectivity index (χ1n) is 5.06. The molecule has 1 amide bonds. The molecule has 0 aliphatic carbocycles. The molecular weight excluding hydrogens is 245 g/mol. The fourth-order valence-electron chi connectivity index (χ4n) is 1.52. The first-order valence-corrected chi connectivity index (χ1v) is 6.13.